The number of pyridine rings is 1. The summed E-state index contributed by atoms with van der Waals surface area (Å²) < 4.78 is 5.91. The topological polar surface area (TPSA) is 66.5 Å². The molecular formula is C23H26N4O2. The van der Waals surface area contributed by atoms with Gasteiger partial charge in [0.05, 0.1) is 5.69 Å². The molecular weight excluding hydrogens is 364 g/mol. The lowest BCUT2D eigenvalue weighted by atomic mass is 10.2. The fraction of sp³-hybridized carbons (Fsp3) is 0.217. The Hall–Kier alpha value is -3.38. The van der Waals surface area contributed by atoms with E-state index in [1.54, 1.807) is 18.3 Å². The highest BCUT2D eigenvalue weighted by Gasteiger charge is 2.11. The molecule has 1 amide bonds. The molecule has 6 nitrogen and oxygen atoms in total. The zero-order chi connectivity index (χ0) is 20.5. The second-order valence-corrected chi connectivity index (χ2v) is 6.88. The first kappa shape index (κ1) is 20.4. The molecule has 150 valence electrons. The van der Waals surface area contributed by atoms with Crippen LogP contribution in [0.4, 0.5) is 11.5 Å². The van der Waals surface area contributed by atoms with Crippen LogP contribution in [0, 0.1) is 0 Å². The zero-order valence-corrected chi connectivity index (χ0v) is 16.8. The first-order valence-corrected chi connectivity index (χ1v) is 9.60. The summed E-state index contributed by atoms with van der Waals surface area (Å²) in [6, 6.07) is 20.3. The van der Waals surface area contributed by atoms with Crippen LogP contribution >= 0.6 is 0 Å². The molecule has 0 bridgehead atoms. The summed E-state index contributed by atoms with van der Waals surface area (Å²) in [5, 5.41) is 6.19. The Labute approximate surface area is 171 Å². The van der Waals surface area contributed by atoms with Gasteiger partial charge in [0.1, 0.15) is 11.6 Å². The SMILES string of the molecule is CN(C)CCCNc1cc(C(=O)Nc2ccccc2Oc2ccccc2)ccn1. The van der Waals surface area contributed by atoms with E-state index < -0.39 is 0 Å². The number of rotatable bonds is 9. The highest BCUT2D eigenvalue weighted by Crippen LogP contribution is 2.29. The maximum Gasteiger partial charge on any atom is 0.255 e. The van der Waals surface area contributed by atoms with Gasteiger partial charge in [-0.25, -0.2) is 4.98 Å². The van der Waals surface area contributed by atoms with Crippen LogP contribution in [0.25, 0.3) is 0 Å². The number of amides is 1. The van der Waals surface area contributed by atoms with E-state index in [4.69, 9.17) is 4.74 Å². The van der Waals surface area contributed by atoms with E-state index in [1.807, 2.05) is 68.7 Å². The summed E-state index contributed by atoms with van der Waals surface area (Å²) in [4.78, 5) is 19.2. The largest absolute Gasteiger partial charge is 0.455 e. The fourth-order valence-corrected chi connectivity index (χ4v) is 2.75. The number of anilines is 2. The first-order chi connectivity index (χ1) is 14.1. The monoisotopic (exact) mass is 390 g/mol. The summed E-state index contributed by atoms with van der Waals surface area (Å²) in [5.41, 5.74) is 1.14. The summed E-state index contributed by atoms with van der Waals surface area (Å²) >= 11 is 0. The molecule has 6 heteroatoms. The molecule has 3 rings (SSSR count). The molecule has 3 aromatic rings. The van der Waals surface area contributed by atoms with Crippen molar-refractivity contribution in [2.45, 2.75) is 6.42 Å². The molecule has 0 atom stereocenters. The summed E-state index contributed by atoms with van der Waals surface area (Å²) in [6.45, 7) is 1.79. The third-order valence-electron chi connectivity index (χ3n) is 4.22. The van der Waals surface area contributed by atoms with Crippen molar-refractivity contribution < 1.29 is 9.53 Å². The molecule has 2 N–H and O–H groups in total. The van der Waals surface area contributed by atoms with Crippen molar-refractivity contribution in [2.75, 3.05) is 37.8 Å². The van der Waals surface area contributed by atoms with Crippen molar-refractivity contribution >= 4 is 17.4 Å². The second-order valence-electron chi connectivity index (χ2n) is 6.88. The Morgan fingerprint density at radius 3 is 2.59 bits per heavy atom. The average molecular weight is 390 g/mol. The van der Waals surface area contributed by atoms with Gasteiger partial charge in [0, 0.05) is 18.3 Å². The van der Waals surface area contributed by atoms with Gasteiger partial charge in [-0.05, 0) is 63.5 Å². The van der Waals surface area contributed by atoms with Gasteiger partial charge in [-0.1, -0.05) is 30.3 Å². The number of nitrogens with one attached hydrogen (secondary N) is 2. The Balaban J connectivity index is 1.65. The maximum absolute atomic E-state index is 12.8. The average Bonchev–Trinajstić information content (AvgIpc) is 2.73. The third kappa shape index (κ3) is 6.33. The lowest BCUT2D eigenvalue weighted by Crippen LogP contribution is -2.17. The van der Waals surface area contributed by atoms with E-state index in [9.17, 15) is 4.79 Å². The van der Waals surface area contributed by atoms with Crippen molar-refractivity contribution in [1.82, 2.24) is 9.88 Å². The number of hydrogen-bond acceptors (Lipinski definition) is 5. The van der Waals surface area contributed by atoms with Crippen LogP contribution in [0.15, 0.2) is 72.9 Å². The van der Waals surface area contributed by atoms with E-state index >= 15 is 0 Å². The Bertz CT molecular complexity index is 929. The van der Waals surface area contributed by atoms with Crippen LogP contribution in [-0.4, -0.2) is 43.0 Å². The molecule has 0 saturated heterocycles. The fourth-order valence-electron chi connectivity index (χ4n) is 2.75. The minimum absolute atomic E-state index is 0.215. The lowest BCUT2D eigenvalue weighted by molar-refractivity contribution is 0.102. The van der Waals surface area contributed by atoms with Crippen molar-refractivity contribution in [1.29, 1.82) is 0 Å². The lowest BCUT2D eigenvalue weighted by Gasteiger charge is -2.13. The van der Waals surface area contributed by atoms with Crippen molar-refractivity contribution in [2.24, 2.45) is 0 Å². The van der Waals surface area contributed by atoms with E-state index in [0.29, 0.717) is 28.6 Å². The van der Waals surface area contributed by atoms with Crippen LogP contribution < -0.4 is 15.4 Å². The van der Waals surface area contributed by atoms with E-state index in [0.717, 1.165) is 19.5 Å². The van der Waals surface area contributed by atoms with Crippen molar-refractivity contribution in [3.63, 3.8) is 0 Å². The summed E-state index contributed by atoms with van der Waals surface area (Å²) in [6.07, 6.45) is 2.63. The Morgan fingerprint density at radius 1 is 1.03 bits per heavy atom. The number of ether oxygens (including phenoxy) is 1. The quantitative estimate of drug-likeness (QED) is 0.527. The number of hydrogen-bond donors (Lipinski definition) is 2. The zero-order valence-electron chi connectivity index (χ0n) is 16.8. The van der Waals surface area contributed by atoms with E-state index in [1.165, 1.54) is 0 Å². The number of para-hydroxylation sites is 3. The van der Waals surface area contributed by atoms with Gasteiger partial charge in [0.2, 0.25) is 0 Å². The first-order valence-electron chi connectivity index (χ1n) is 9.60. The van der Waals surface area contributed by atoms with Gasteiger partial charge < -0.3 is 20.3 Å². The van der Waals surface area contributed by atoms with Gasteiger partial charge in [-0.15, -0.1) is 0 Å². The number of carbonyl (C=O) groups is 1. The van der Waals surface area contributed by atoms with Gasteiger partial charge in [-0.2, -0.15) is 0 Å². The maximum atomic E-state index is 12.8. The van der Waals surface area contributed by atoms with E-state index in [-0.39, 0.29) is 5.91 Å². The Kier molecular flexibility index (Phi) is 7.19. The molecule has 0 fully saturated rings. The molecule has 0 spiro atoms. The molecule has 0 saturated carbocycles. The van der Waals surface area contributed by atoms with Crippen LogP contribution in [0.5, 0.6) is 11.5 Å². The highest BCUT2D eigenvalue weighted by molar-refractivity contribution is 6.05. The van der Waals surface area contributed by atoms with Crippen LogP contribution in [0.3, 0.4) is 0 Å². The number of nitrogens with zero attached hydrogens (tertiary/aromatic N) is 2. The van der Waals surface area contributed by atoms with E-state index in [2.05, 4.69) is 20.5 Å². The summed E-state index contributed by atoms with van der Waals surface area (Å²) in [5.74, 6) is 1.77. The highest BCUT2D eigenvalue weighted by atomic mass is 16.5. The Morgan fingerprint density at radius 2 is 1.79 bits per heavy atom. The van der Waals surface area contributed by atoms with Crippen LogP contribution in [-0.2, 0) is 0 Å². The minimum atomic E-state index is -0.215. The number of carbonyl (C=O) groups excluding carboxylic acids is 1. The summed E-state index contributed by atoms with van der Waals surface area (Å²) in [7, 11) is 4.09. The van der Waals surface area contributed by atoms with Gasteiger partial charge in [0.25, 0.3) is 5.91 Å². The molecule has 1 aromatic heterocycles. The van der Waals surface area contributed by atoms with Gasteiger partial charge in [-0.3, -0.25) is 4.79 Å². The number of benzene rings is 2. The molecule has 0 aliphatic rings. The molecule has 0 aliphatic carbocycles. The molecule has 0 unspecified atom stereocenters. The predicted molar refractivity (Wildman–Crippen MR) is 117 cm³/mol. The van der Waals surface area contributed by atoms with Crippen LogP contribution in [0.2, 0.25) is 0 Å². The standard InChI is InChI=1S/C23H26N4O2/c1-27(2)16-8-14-24-22-17-18(13-15-25-22)23(28)26-20-11-6-7-12-21(20)29-19-9-4-3-5-10-19/h3-7,9-13,15,17H,8,14,16H2,1-2H3,(H,24,25)(H,26,28). The van der Waals surface area contributed by atoms with Gasteiger partial charge in [0.15, 0.2) is 5.75 Å². The molecule has 1 heterocycles. The molecule has 29 heavy (non-hydrogen) atoms. The van der Waals surface area contributed by atoms with Crippen LogP contribution in [0.1, 0.15) is 16.8 Å². The molecule has 0 radical (unpaired) electrons. The minimum Gasteiger partial charge on any atom is -0.455 e. The normalized spacial score (nSPS) is 10.6. The molecule has 2 aromatic carbocycles. The van der Waals surface area contributed by atoms with Crippen molar-refractivity contribution in [3.05, 3.63) is 78.5 Å². The smallest absolute Gasteiger partial charge is 0.255 e. The second kappa shape index (κ2) is 10.2. The van der Waals surface area contributed by atoms with Crippen molar-refractivity contribution in [3.8, 4) is 11.5 Å². The molecule has 0 aliphatic heterocycles. The third-order valence-corrected chi connectivity index (χ3v) is 4.22. The van der Waals surface area contributed by atoms with Gasteiger partial charge >= 0.3 is 0 Å². The predicted octanol–water partition coefficient (Wildman–Crippen LogP) is 4.49. The number of aromatic nitrogens is 1.